The third-order valence-corrected chi connectivity index (χ3v) is 2.81. The fourth-order valence-electron chi connectivity index (χ4n) is 1.68. The Hall–Kier alpha value is -1.55. The zero-order chi connectivity index (χ0) is 14.6. The van der Waals surface area contributed by atoms with Crippen LogP contribution in [0, 0.1) is 6.92 Å². The smallest absolute Gasteiger partial charge is 0.412 e. The summed E-state index contributed by atoms with van der Waals surface area (Å²) in [4.78, 5) is 11.7. The van der Waals surface area contributed by atoms with Crippen molar-refractivity contribution in [1.82, 2.24) is 0 Å². The first-order valence-electron chi connectivity index (χ1n) is 6.53. The van der Waals surface area contributed by atoms with Crippen LogP contribution in [0.5, 0.6) is 0 Å². The zero-order valence-corrected chi connectivity index (χ0v) is 12.4. The molecule has 1 aromatic carbocycles. The summed E-state index contributed by atoms with van der Waals surface area (Å²) in [5.41, 5.74) is 8.10. The average Bonchev–Trinajstić information content (AvgIpc) is 2.28. The maximum absolute atomic E-state index is 11.7. The van der Waals surface area contributed by atoms with E-state index in [0.29, 0.717) is 12.5 Å². The van der Waals surface area contributed by atoms with Crippen LogP contribution in [0.1, 0.15) is 44.7 Å². The number of amides is 1. The number of hydrogen-bond donors (Lipinski definition) is 2. The minimum atomic E-state index is -0.494. The van der Waals surface area contributed by atoms with Gasteiger partial charge in [0.25, 0.3) is 0 Å². The Balaban J connectivity index is 2.78. The van der Waals surface area contributed by atoms with Crippen LogP contribution in [-0.2, 0) is 4.74 Å². The highest BCUT2D eigenvalue weighted by Crippen LogP contribution is 2.22. The van der Waals surface area contributed by atoms with E-state index in [-0.39, 0.29) is 0 Å². The highest BCUT2D eigenvalue weighted by atomic mass is 16.6. The lowest BCUT2D eigenvalue weighted by Crippen LogP contribution is -2.27. The lowest BCUT2D eigenvalue weighted by atomic mass is 9.99. The summed E-state index contributed by atoms with van der Waals surface area (Å²) in [6.45, 7) is 10.2. The molecule has 1 rings (SSSR count). The largest absolute Gasteiger partial charge is 0.444 e. The number of aryl methyl sites for hydroxylation is 1. The third-order valence-electron chi connectivity index (χ3n) is 2.81. The second-order valence-corrected chi connectivity index (χ2v) is 5.84. The normalized spacial score (nSPS) is 12.9. The van der Waals surface area contributed by atoms with Crippen LogP contribution in [0.25, 0.3) is 0 Å². The molecule has 0 saturated carbocycles. The summed E-state index contributed by atoms with van der Waals surface area (Å²) in [7, 11) is 0. The Bertz CT molecular complexity index is 450. The molecule has 0 radical (unpaired) electrons. The molecule has 0 aromatic heterocycles. The molecule has 0 heterocycles. The molecule has 0 saturated heterocycles. The van der Waals surface area contributed by atoms with Crippen LogP contribution in [0.15, 0.2) is 18.2 Å². The van der Waals surface area contributed by atoms with Crippen molar-refractivity contribution >= 4 is 11.8 Å². The number of nitrogens with two attached hydrogens (primary N) is 1. The molecule has 0 fully saturated rings. The minimum absolute atomic E-state index is 0.314. The Morgan fingerprint density at radius 3 is 2.53 bits per heavy atom. The fraction of sp³-hybridized carbons (Fsp3) is 0.533. The van der Waals surface area contributed by atoms with Crippen molar-refractivity contribution in [3.63, 3.8) is 0 Å². The molecule has 106 valence electrons. The topological polar surface area (TPSA) is 64.3 Å². The molecular formula is C15H24N2O2. The SMILES string of the molecule is Cc1cc(C(C)CN)ccc1NC(=O)OC(C)(C)C. The highest BCUT2D eigenvalue weighted by Gasteiger charge is 2.17. The lowest BCUT2D eigenvalue weighted by molar-refractivity contribution is 0.0636. The van der Waals surface area contributed by atoms with Crippen LogP contribution in [0.2, 0.25) is 0 Å². The van der Waals surface area contributed by atoms with Crippen LogP contribution < -0.4 is 11.1 Å². The van der Waals surface area contributed by atoms with E-state index in [0.717, 1.165) is 11.3 Å². The molecule has 4 nitrogen and oxygen atoms in total. The quantitative estimate of drug-likeness (QED) is 0.879. The van der Waals surface area contributed by atoms with Crippen molar-refractivity contribution in [2.24, 2.45) is 5.73 Å². The predicted octanol–water partition coefficient (Wildman–Crippen LogP) is 3.40. The lowest BCUT2D eigenvalue weighted by Gasteiger charge is -2.20. The van der Waals surface area contributed by atoms with Crippen molar-refractivity contribution in [2.45, 2.75) is 46.1 Å². The van der Waals surface area contributed by atoms with Gasteiger partial charge in [0.15, 0.2) is 0 Å². The van der Waals surface area contributed by atoms with Crippen LogP contribution in [0.3, 0.4) is 0 Å². The molecule has 0 bridgehead atoms. The Kier molecular flexibility index (Phi) is 4.95. The van der Waals surface area contributed by atoms with Crippen molar-refractivity contribution in [1.29, 1.82) is 0 Å². The summed E-state index contributed by atoms with van der Waals surface area (Å²) < 4.78 is 5.23. The standard InChI is InChI=1S/C15H24N2O2/c1-10-8-12(11(2)9-16)6-7-13(10)17-14(18)19-15(3,4)5/h6-8,11H,9,16H2,1-5H3,(H,17,18). The molecule has 1 atom stereocenters. The molecule has 0 aliphatic carbocycles. The van der Waals surface area contributed by atoms with E-state index < -0.39 is 11.7 Å². The number of rotatable bonds is 3. The molecule has 19 heavy (non-hydrogen) atoms. The molecule has 3 N–H and O–H groups in total. The molecule has 0 aliphatic heterocycles. The van der Waals surface area contributed by atoms with Crippen molar-refractivity contribution in [3.05, 3.63) is 29.3 Å². The Morgan fingerprint density at radius 2 is 2.05 bits per heavy atom. The van der Waals surface area contributed by atoms with Crippen molar-refractivity contribution in [3.8, 4) is 0 Å². The van der Waals surface area contributed by atoms with Gasteiger partial charge in [-0.3, -0.25) is 5.32 Å². The molecular weight excluding hydrogens is 240 g/mol. The number of anilines is 1. The number of ether oxygens (including phenoxy) is 1. The van der Waals surface area contributed by atoms with Crippen LogP contribution in [-0.4, -0.2) is 18.2 Å². The average molecular weight is 264 g/mol. The van der Waals surface area contributed by atoms with Crippen LogP contribution >= 0.6 is 0 Å². The van der Waals surface area contributed by atoms with Gasteiger partial charge < -0.3 is 10.5 Å². The first-order chi connectivity index (χ1) is 8.73. The van der Waals surface area contributed by atoms with Crippen molar-refractivity contribution < 1.29 is 9.53 Å². The van der Waals surface area contributed by atoms with Crippen molar-refractivity contribution in [2.75, 3.05) is 11.9 Å². The molecule has 0 aliphatic rings. The second-order valence-electron chi connectivity index (χ2n) is 5.84. The molecule has 1 unspecified atom stereocenters. The summed E-state index contributed by atoms with van der Waals surface area (Å²) in [6, 6.07) is 5.92. The van der Waals surface area contributed by atoms with Gasteiger partial charge in [-0.1, -0.05) is 19.1 Å². The number of nitrogens with one attached hydrogen (secondary N) is 1. The van der Waals surface area contributed by atoms with E-state index >= 15 is 0 Å². The van der Waals surface area contributed by atoms with Gasteiger partial charge in [-0.15, -0.1) is 0 Å². The number of hydrogen-bond acceptors (Lipinski definition) is 3. The maximum atomic E-state index is 11.7. The second kappa shape index (κ2) is 6.06. The van der Waals surface area contributed by atoms with E-state index in [2.05, 4.69) is 12.2 Å². The predicted molar refractivity (Wildman–Crippen MR) is 78.5 cm³/mol. The fourth-order valence-corrected chi connectivity index (χ4v) is 1.68. The molecule has 1 aromatic rings. The van der Waals surface area contributed by atoms with Crippen LogP contribution in [0.4, 0.5) is 10.5 Å². The maximum Gasteiger partial charge on any atom is 0.412 e. The third kappa shape index (κ3) is 4.91. The number of carbonyl (C=O) groups is 1. The van der Waals surface area contributed by atoms with Gasteiger partial charge >= 0.3 is 6.09 Å². The Labute approximate surface area is 115 Å². The van der Waals surface area contributed by atoms with E-state index in [4.69, 9.17) is 10.5 Å². The monoisotopic (exact) mass is 264 g/mol. The van der Waals surface area contributed by atoms with Gasteiger partial charge in [0, 0.05) is 5.69 Å². The van der Waals surface area contributed by atoms with Gasteiger partial charge in [0.2, 0.25) is 0 Å². The van der Waals surface area contributed by atoms with Gasteiger partial charge in [-0.2, -0.15) is 0 Å². The summed E-state index contributed by atoms with van der Waals surface area (Å²) >= 11 is 0. The van der Waals surface area contributed by atoms with Gasteiger partial charge in [-0.25, -0.2) is 4.79 Å². The van der Waals surface area contributed by atoms with E-state index in [9.17, 15) is 4.79 Å². The summed E-state index contributed by atoms with van der Waals surface area (Å²) in [6.07, 6.45) is -0.435. The van der Waals surface area contributed by atoms with Gasteiger partial charge in [0.05, 0.1) is 0 Å². The first kappa shape index (κ1) is 15.5. The van der Waals surface area contributed by atoms with E-state index in [1.807, 2.05) is 45.9 Å². The van der Waals surface area contributed by atoms with E-state index in [1.165, 1.54) is 5.56 Å². The first-order valence-corrected chi connectivity index (χ1v) is 6.53. The molecule has 1 amide bonds. The highest BCUT2D eigenvalue weighted by molar-refractivity contribution is 5.85. The number of benzene rings is 1. The van der Waals surface area contributed by atoms with Gasteiger partial charge in [0.1, 0.15) is 5.60 Å². The summed E-state index contributed by atoms with van der Waals surface area (Å²) in [5, 5.41) is 2.76. The minimum Gasteiger partial charge on any atom is -0.444 e. The Morgan fingerprint density at radius 1 is 1.42 bits per heavy atom. The van der Waals surface area contributed by atoms with Gasteiger partial charge in [-0.05, 0) is 57.4 Å². The zero-order valence-electron chi connectivity index (χ0n) is 12.4. The summed E-state index contributed by atoms with van der Waals surface area (Å²) in [5.74, 6) is 0.314. The molecule has 0 spiro atoms. The number of carbonyl (C=O) groups excluding carboxylic acids is 1. The van der Waals surface area contributed by atoms with E-state index in [1.54, 1.807) is 0 Å². The molecule has 4 heteroatoms.